The number of amides is 2. The van der Waals surface area contributed by atoms with Crippen molar-refractivity contribution < 1.29 is 9.59 Å². The van der Waals surface area contributed by atoms with Gasteiger partial charge in [-0.2, -0.15) is 5.10 Å². The number of piperidine rings is 1. The number of H-pyrrole nitrogens is 1. The zero-order valence-electron chi connectivity index (χ0n) is 14.9. The molecule has 0 bridgehead atoms. The number of carbonyl (C=O) groups excluding carboxylic acids is 2. The summed E-state index contributed by atoms with van der Waals surface area (Å²) in [6.45, 7) is 1.41. The van der Waals surface area contributed by atoms with Gasteiger partial charge < -0.3 is 15.1 Å². The highest BCUT2D eigenvalue weighted by Crippen LogP contribution is 2.28. The monoisotopic (exact) mass is 353 g/mol. The second-order valence-corrected chi connectivity index (χ2v) is 6.94. The first-order valence-electron chi connectivity index (χ1n) is 9.05. The third-order valence-corrected chi connectivity index (χ3v) is 5.26. The summed E-state index contributed by atoms with van der Waals surface area (Å²) in [6, 6.07) is 7.83. The number of nitrogens with zero attached hydrogens (tertiary/aromatic N) is 3. The smallest absolute Gasteiger partial charge is 0.258 e. The van der Waals surface area contributed by atoms with Gasteiger partial charge in [0.15, 0.2) is 0 Å². The zero-order chi connectivity index (χ0) is 18.1. The lowest BCUT2D eigenvalue weighted by Gasteiger charge is -2.25. The molecule has 1 aromatic carbocycles. The number of aromatic nitrogens is 2. The molecule has 0 spiro atoms. The lowest BCUT2D eigenvalue weighted by atomic mass is 9.99. The number of para-hydroxylation sites is 1. The Kier molecular flexibility index (Phi) is 4.46. The van der Waals surface area contributed by atoms with E-state index in [0.29, 0.717) is 12.1 Å². The molecule has 7 nitrogen and oxygen atoms in total. The van der Waals surface area contributed by atoms with Gasteiger partial charge in [0, 0.05) is 25.3 Å². The number of likely N-dealkylation sites (N-methyl/N-ethyl adjacent to an activating group) is 1. The van der Waals surface area contributed by atoms with Gasteiger partial charge in [0.05, 0.1) is 17.5 Å². The van der Waals surface area contributed by atoms with E-state index in [-0.39, 0.29) is 24.4 Å². The summed E-state index contributed by atoms with van der Waals surface area (Å²) in [7, 11) is 1.75. The highest BCUT2D eigenvalue weighted by Gasteiger charge is 2.30. The molecule has 4 rings (SSSR count). The van der Waals surface area contributed by atoms with E-state index in [0.717, 1.165) is 42.8 Å². The minimum atomic E-state index is -0.153. The van der Waals surface area contributed by atoms with Gasteiger partial charge in [-0.15, -0.1) is 0 Å². The van der Waals surface area contributed by atoms with Gasteiger partial charge >= 0.3 is 0 Å². The first-order valence-corrected chi connectivity index (χ1v) is 9.05. The Morgan fingerprint density at radius 3 is 2.88 bits per heavy atom. The van der Waals surface area contributed by atoms with E-state index in [1.807, 2.05) is 24.3 Å². The topological polar surface area (TPSA) is 81.3 Å². The third kappa shape index (κ3) is 2.99. The number of rotatable bonds is 2. The molecule has 1 aromatic heterocycles. The van der Waals surface area contributed by atoms with Crippen LogP contribution in [0.3, 0.4) is 0 Å². The Balaban J connectivity index is 1.63. The number of benzene rings is 1. The maximum atomic E-state index is 13.2. The molecule has 26 heavy (non-hydrogen) atoms. The average Bonchev–Trinajstić information content (AvgIpc) is 3.12. The molecule has 7 heteroatoms. The predicted octanol–water partition coefficient (Wildman–Crippen LogP) is 1.84. The molecule has 136 valence electrons. The molecule has 1 unspecified atom stereocenters. The van der Waals surface area contributed by atoms with Crippen molar-refractivity contribution >= 4 is 17.5 Å². The molecule has 1 saturated heterocycles. The largest absolute Gasteiger partial charge is 0.325 e. The Bertz CT molecular complexity index is 825. The summed E-state index contributed by atoms with van der Waals surface area (Å²) in [6.07, 6.45) is 4.84. The van der Waals surface area contributed by atoms with Crippen molar-refractivity contribution in [3.05, 3.63) is 47.3 Å². The molecule has 2 N–H and O–H groups in total. The van der Waals surface area contributed by atoms with Gasteiger partial charge in [-0.3, -0.25) is 14.7 Å². The first-order chi connectivity index (χ1) is 12.6. The molecule has 2 amide bonds. The minimum Gasteiger partial charge on any atom is -0.325 e. The zero-order valence-corrected chi connectivity index (χ0v) is 14.9. The van der Waals surface area contributed by atoms with E-state index < -0.39 is 0 Å². The number of hydrogen-bond acceptors (Lipinski definition) is 4. The number of hydrogen-bond donors (Lipinski definition) is 2. The van der Waals surface area contributed by atoms with Crippen LogP contribution in [-0.2, 0) is 11.3 Å². The fraction of sp³-hybridized carbons (Fsp3) is 0.421. The molecular formula is C19H23N5O2. The van der Waals surface area contributed by atoms with Crippen molar-refractivity contribution in [3.8, 4) is 0 Å². The SMILES string of the molecule is CN1C(=O)CN(C(=O)c2cn[nH]c2C2CCCCN2)Cc2ccccc21. The predicted molar refractivity (Wildman–Crippen MR) is 97.8 cm³/mol. The lowest BCUT2D eigenvalue weighted by Crippen LogP contribution is -2.39. The Morgan fingerprint density at radius 2 is 2.08 bits per heavy atom. The van der Waals surface area contributed by atoms with Crippen molar-refractivity contribution in [2.75, 3.05) is 25.0 Å². The van der Waals surface area contributed by atoms with E-state index in [2.05, 4.69) is 15.5 Å². The minimum absolute atomic E-state index is 0.0622. The molecule has 2 aromatic rings. The van der Waals surface area contributed by atoms with Gasteiger partial charge in [-0.25, -0.2) is 0 Å². The van der Waals surface area contributed by atoms with Crippen LogP contribution in [0.4, 0.5) is 5.69 Å². The molecular weight excluding hydrogens is 330 g/mol. The molecule has 3 heterocycles. The molecule has 1 fully saturated rings. The molecule has 2 aliphatic heterocycles. The standard InChI is InChI=1S/C19H23N5O2/c1-23-16-8-3-2-6-13(16)11-24(12-17(23)25)19(26)14-10-21-22-18(14)15-7-4-5-9-20-15/h2-3,6,8,10,15,20H,4-5,7,9,11-12H2,1H3,(H,21,22). The van der Waals surface area contributed by atoms with Crippen LogP contribution in [-0.4, -0.2) is 47.0 Å². The molecule has 1 atom stereocenters. The van der Waals surface area contributed by atoms with Gasteiger partial charge in [0.2, 0.25) is 5.91 Å². The summed E-state index contributed by atoms with van der Waals surface area (Å²) < 4.78 is 0. The second kappa shape index (κ2) is 6.92. The van der Waals surface area contributed by atoms with Crippen molar-refractivity contribution in [2.24, 2.45) is 0 Å². The molecule has 0 radical (unpaired) electrons. The highest BCUT2D eigenvalue weighted by molar-refractivity contribution is 6.02. The second-order valence-electron chi connectivity index (χ2n) is 6.94. The van der Waals surface area contributed by atoms with Crippen molar-refractivity contribution in [1.29, 1.82) is 0 Å². The first kappa shape index (κ1) is 16.8. The van der Waals surface area contributed by atoms with Gasteiger partial charge in [-0.05, 0) is 31.0 Å². The van der Waals surface area contributed by atoms with Gasteiger partial charge in [-0.1, -0.05) is 24.6 Å². The third-order valence-electron chi connectivity index (χ3n) is 5.26. The fourth-order valence-corrected chi connectivity index (χ4v) is 3.78. The van der Waals surface area contributed by atoms with Crippen LogP contribution in [0, 0.1) is 0 Å². The van der Waals surface area contributed by atoms with Crippen LogP contribution in [0.5, 0.6) is 0 Å². The summed E-state index contributed by atoms with van der Waals surface area (Å²) in [5.41, 5.74) is 3.21. The Hall–Kier alpha value is -2.67. The van der Waals surface area contributed by atoms with Gasteiger partial charge in [0.25, 0.3) is 5.91 Å². The van der Waals surface area contributed by atoms with Crippen LogP contribution in [0.1, 0.15) is 46.9 Å². The Morgan fingerprint density at radius 1 is 1.23 bits per heavy atom. The maximum absolute atomic E-state index is 13.2. The van der Waals surface area contributed by atoms with Crippen LogP contribution in [0.25, 0.3) is 0 Å². The number of carbonyl (C=O) groups is 2. The highest BCUT2D eigenvalue weighted by atomic mass is 16.2. The summed E-state index contributed by atoms with van der Waals surface area (Å²) >= 11 is 0. The van der Waals surface area contributed by atoms with Crippen LogP contribution in [0.15, 0.2) is 30.5 Å². The number of nitrogens with one attached hydrogen (secondary N) is 2. The van der Waals surface area contributed by atoms with Crippen LogP contribution < -0.4 is 10.2 Å². The maximum Gasteiger partial charge on any atom is 0.258 e. The summed E-state index contributed by atoms with van der Waals surface area (Å²) in [5.74, 6) is -0.247. The quantitative estimate of drug-likeness (QED) is 0.863. The average molecular weight is 353 g/mol. The molecule has 0 saturated carbocycles. The summed E-state index contributed by atoms with van der Waals surface area (Å²) in [5, 5.41) is 10.5. The number of anilines is 1. The van der Waals surface area contributed by atoms with E-state index >= 15 is 0 Å². The Labute approximate surface area is 152 Å². The normalized spacial score (nSPS) is 20.7. The van der Waals surface area contributed by atoms with E-state index in [4.69, 9.17) is 0 Å². The number of aromatic amines is 1. The molecule has 2 aliphatic rings. The lowest BCUT2D eigenvalue weighted by molar-refractivity contribution is -0.118. The van der Waals surface area contributed by atoms with Crippen molar-refractivity contribution in [1.82, 2.24) is 20.4 Å². The van der Waals surface area contributed by atoms with Gasteiger partial charge in [0.1, 0.15) is 6.54 Å². The summed E-state index contributed by atoms with van der Waals surface area (Å²) in [4.78, 5) is 29.0. The number of fused-ring (bicyclic) bond motifs is 1. The van der Waals surface area contributed by atoms with Crippen molar-refractivity contribution in [2.45, 2.75) is 31.8 Å². The molecule has 0 aliphatic carbocycles. The van der Waals surface area contributed by atoms with E-state index in [9.17, 15) is 9.59 Å². The van der Waals surface area contributed by atoms with E-state index in [1.54, 1.807) is 23.0 Å². The van der Waals surface area contributed by atoms with E-state index in [1.165, 1.54) is 0 Å². The van der Waals surface area contributed by atoms with Crippen LogP contribution in [0.2, 0.25) is 0 Å². The van der Waals surface area contributed by atoms with Crippen molar-refractivity contribution in [3.63, 3.8) is 0 Å². The fourth-order valence-electron chi connectivity index (χ4n) is 3.78. The van der Waals surface area contributed by atoms with Crippen LogP contribution >= 0.6 is 0 Å².